The number of para-hydroxylation sites is 1. The van der Waals surface area contributed by atoms with E-state index < -0.39 is 6.09 Å². The topological polar surface area (TPSA) is 64.4 Å². The van der Waals surface area contributed by atoms with Crippen molar-refractivity contribution in [3.8, 4) is 5.75 Å². The number of nitrogens with one attached hydrogen (secondary N) is 1. The van der Waals surface area contributed by atoms with Crippen LogP contribution in [0.25, 0.3) is 0 Å². The van der Waals surface area contributed by atoms with Gasteiger partial charge in [0.25, 0.3) is 0 Å². The van der Waals surface area contributed by atoms with Crippen molar-refractivity contribution >= 4 is 12.0 Å². The van der Waals surface area contributed by atoms with Crippen LogP contribution < -0.4 is 10.1 Å². The fraction of sp³-hybridized carbons (Fsp3) is 0.333. The molecule has 5 nitrogen and oxygen atoms in total. The van der Waals surface area contributed by atoms with Gasteiger partial charge in [0, 0.05) is 6.07 Å². The molecule has 0 radical (unpaired) electrons. The van der Waals surface area contributed by atoms with E-state index in [9.17, 15) is 4.79 Å². The second-order valence-electron chi connectivity index (χ2n) is 5.75. The van der Waals surface area contributed by atoms with Gasteiger partial charge in [-0.25, -0.2) is 4.79 Å². The lowest BCUT2D eigenvalue weighted by Gasteiger charge is -2.14. The molecule has 1 amide bonds. The largest absolute Gasteiger partial charge is 0.419 e. The zero-order valence-electron chi connectivity index (χ0n) is 11.8. The Hall–Kier alpha value is -2.30. The first-order valence-corrected chi connectivity index (χ1v) is 6.42. The first-order valence-electron chi connectivity index (χ1n) is 6.42. The van der Waals surface area contributed by atoms with Crippen LogP contribution >= 0.6 is 0 Å². The van der Waals surface area contributed by atoms with Crippen LogP contribution in [-0.2, 0) is 6.42 Å². The molecule has 0 fully saturated rings. The van der Waals surface area contributed by atoms with Crippen molar-refractivity contribution in [2.24, 2.45) is 5.41 Å². The summed E-state index contributed by atoms with van der Waals surface area (Å²) in [5.74, 6) is 0.754. The Kier molecular flexibility index (Phi) is 4.08. The second-order valence-corrected chi connectivity index (χ2v) is 5.75. The number of amides is 1. The van der Waals surface area contributed by atoms with E-state index in [2.05, 4.69) is 31.2 Å². The van der Waals surface area contributed by atoms with E-state index in [0.717, 1.165) is 12.1 Å². The van der Waals surface area contributed by atoms with E-state index in [1.54, 1.807) is 30.3 Å². The molecule has 0 unspecified atom stereocenters. The Morgan fingerprint density at radius 3 is 2.65 bits per heavy atom. The summed E-state index contributed by atoms with van der Waals surface area (Å²) in [5.41, 5.74) is 0.908. The number of carbonyl (C=O) groups excluding carboxylic acids is 1. The first kappa shape index (κ1) is 14.1. The van der Waals surface area contributed by atoms with Gasteiger partial charge in [-0.2, -0.15) is 0 Å². The van der Waals surface area contributed by atoms with E-state index in [4.69, 9.17) is 9.26 Å². The molecular weight excluding hydrogens is 256 g/mol. The van der Waals surface area contributed by atoms with Gasteiger partial charge in [0.1, 0.15) is 5.75 Å². The standard InChI is InChI=1S/C15H18N2O3/c1-15(2,3)10-11-9-13(20-17-11)16-14(18)19-12-7-5-4-6-8-12/h4-9H,10H2,1-3H3,(H,16,18). The molecule has 0 aliphatic rings. The molecule has 0 aliphatic heterocycles. The van der Waals surface area contributed by atoms with Crippen molar-refractivity contribution in [1.29, 1.82) is 0 Å². The number of carbonyl (C=O) groups is 1. The van der Waals surface area contributed by atoms with Crippen molar-refractivity contribution in [2.75, 3.05) is 5.32 Å². The summed E-state index contributed by atoms with van der Waals surface area (Å²) in [7, 11) is 0. The highest BCUT2D eigenvalue weighted by Gasteiger charge is 2.16. The molecule has 0 saturated carbocycles. The molecular formula is C15H18N2O3. The van der Waals surface area contributed by atoms with Gasteiger partial charge >= 0.3 is 6.09 Å². The highest BCUT2D eigenvalue weighted by Crippen LogP contribution is 2.21. The number of rotatable bonds is 3. The number of ether oxygens (including phenoxy) is 1. The smallest absolute Gasteiger partial charge is 0.410 e. The summed E-state index contributed by atoms with van der Waals surface area (Å²) >= 11 is 0. The van der Waals surface area contributed by atoms with E-state index in [1.807, 2.05) is 6.07 Å². The van der Waals surface area contributed by atoms with E-state index in [0.29, 0.717) is 5.75 Å². The predicted molar refractivity (Wildman–Crippen MR) is 75.8 cm³/mol. The molecule has 106 valence electrons. The molecule has 1 aromatic carbocycles. The highest BCUT2D eigenvalue weighted by atomic mass is 16.6. The lowest BCUT2D eigenvalue weighted by molar-refractivity contribution is 0.214. The Balaban J connectivity index is 1.92. The van der Waals surface area contributed by atoms with E-state index in [1.165, 1.54) is 0 Å². The van der Waals surface area contributed by atoms with Gasteiger partial charge in [0.05, 0.1) is 5.69 Å². The molecule has 5 heteroatoms. The lowest BCUT2D eigenvalue weighted by Crippen LogP contribution is -2.16. The minimum Gasteiger partial charge on any atom is -0.410 e. The summed E-state index contributed by atoms with van der Waals surface area (Å²) in [6.45, 7) is 6.33. The average Bonchev–Trinajstić information content (AvgIpc) is 2.75. The highest BCUT2D eigenvalue weighted by molar-refractivity contribution is 5.84. The molecule has 2 rings (SSSR count). The zero-order valence-corrected chi connectivity index (χ0v) is 11.8. The first-order chi connectivity index (χ1) is 9.42. The molecule has 0 atom stereocenters. The number of hydrogen-bond donors (Lipinski definition) is 1. The SMILES string of the molecule is CC(C)(C)Cc1cc(NC(=O)Oc2ccccc2)on1. The Morgan fingerprint density at radius 2 is 2.00 bits per heavy atom. The van der Waals surface area contributed by atoms with Gasteiger partial charge in [0.2, 0.25) is 5.88 Å². The van der Waals surface area contributed by atoms with Gasteiger partial charge in [-0.1, -0.05) is 44.1 Å². The monoisotopic (exact) mass is 274 g/mol. The molecule has 0 bridgehead atoms. The lowest BCUT2D eigenvalue weighted by atomic mass is 9.91. The van der Waals surface area contributed by atoms with Gasteiger partial charge in [-0.15, -0.1) is 0 Å². The van der Waals surface area contributed by atoms with Crippen molar-refractivity contribution < 1.29 is 14.1 Å². The van der Waals surface area contributed by atoms with Crippen LogP contribution in [0.15, 0.2) is 40.9 Å². The third-order valence-corrected chi connectivity index (χ3v) is 2.45. The molecule has 1 N–H and O–H groups in total. The van der Waals surface area contributed by atoms with Gasteiger partial charge in [-0.3, -0.25) is 5.32 Å². The number of hydrogen-bond acceptors (Lipinski definition) is 4. The van der Waals surface area contributed by atoms with Gasteiger partial charge in [-0.05, 0) is 24.0 Å². The van der Waals surface area contributed by atoms with E-state index >= 15 is 0 Å². The zero-order chi connectivity index (χ0) is 14.6. The maximum atomic E-state index is 11.7. The van der Waals surface area contributed by atoms with Crippen LogP contribution in [0.1, 0.15) is 26.5 Å². The van der Waals surface area contributed by atoms with Crippen LogP contribution in [0.2, 0.25) is 0 Å². The molecule has 2 aromatic rings. The van der Waals surface area contributed by atoms with Crippen LogP contribution in [0.5, 0.6) is 5.75 Å². The fourth-order valence-corrected chi connectivity index (χ4v) is 1.72. The minimum absolute atomic E-state index is 0.110. The van der Waals surface area contributed by atoms with Crippen molar-refractivity contribution in [3.63, 3.8) is 0 Å². The third kappa shape index (κ3) is 4.42. The summed E-state index contributed by atoms with van der Waals surface area (Å²) in [5, 5.41) is 6.42. The maximum Gasteiger partial charge on any atom is 0.419 e. The van der Waals surface area contributed by atoms with Crippen LogP contribution in [0, 0.1) is 5.41 Å². The molecule has 20 heavy (non-hydrogen) atoms. The van der Waals surface area contributed by atoms with Crippen LogP contribution in [0.4, 0.5) is 10.7 Å². The molecule has 1 heterocycles. The number of benzene rings is 1. The average molecular weight is 274 g/mol. The Labute approximate surface area is 117 Å². The van der Waals surface area contributed by atoms with Crippen molar-refractivity contribution in [3.05, 3.63) is 42.1 Å². The Bertz CT molecular complexity index is 570. The molecule has 0 spiro atoms. The fourth-order valence-electron chi connectivity index (χ4n) is 1.72. The van der Waals surface area contributed by atoms with Crippen LogP contribution in [0.3, 0.4) is 0 Å². The number of aromatic nitrogens is 1. The summed E-state index contributed by atoms with van der Waals surface area (Å²) in [6, 6.07) is 10.5. The summed E-state index contributed by atoms with van der Waals surface area (Å²) in [4.78, 5) is 11.7. The maximum absolute atomic E-state index is 11.7. The van der Waals surface area contributed by atoms with Gasteiger partial charge in [0.15, 0.2) is 0 Å². The van der Waals surface area contributed by atoms with Crippen LogP contribution in [-0.4, -0.2) is 11.2 Å². The quantitative estimate of drug-likeness (QED) is 0.922. The number of nitrogens with zero attached hydrogens (tertiary/aromatic N) is 1. The minimum atomic E-state index is -0.602. The Morgan fingerprint density at radius 1 is 1.30 bits per heavy atom. The summed E-state index contributed by atoms with van der Waals surface area (Å²) in [6.07, 6.45) is 0.168. The van der Waals surface area contributed by atoms with Crippen molar-refractivity contribution in [2.45, 2.75) is 27.2 Å². The second kappa shape index (κ2) is 5.77. The summed E-state index contributed by atoms with van der Waals surface area (Å²) < 4.78 is 10.1. The molecule has 1 aromatic heterocycles. The molecule has 0 aliphatic carbocycles. The van der Waals surface area contributed by atoms with E-state index in [-0.39, 0.29) is 11.3 Å². The predicted octanol–water partition coefficient (Wildman–Crippen LogP) is 3.87. The van der Waals surface area contributed by atoms with Gasteiger partial charge < -0.3 is 9.26 Å². The molecule has 0 saturated heterocycles. The third-order valence-electron chi connectivity index (χ3n) is 2.45. The van der Waals surface area contributed by atoms with Crippen molar-refractivity contribution in [1.82, 2.24) is 5.16 Å². The normalized spacial score (nSPS) is 11.2. The number of anilines is 1.